The number of hydrogen-bond donors (Lipinski definition) is 3. The van der Waals surface area contributed by atoms with Crippen molar-refractivity contribution in [2.24, 2.45) is 5.41 Å². The Hall–Kier alpha value is -1.41. The summed E-state index contributed by atoms with van der Waals surface area (Å²) >= 11 is 0. The molecule has 200 valence electrons. The Labute approximate surface area is 207 Å². The first-order valence-corrected chi connectivity index (χ1v) is 14.4. The number of carboxylic acids is 2. The number of hydrogen-bond acceptors (Lipinski definition) is 4. The van der Waals surface area contributed by atoms with Gasteiger partial charge in [0.15, 0.2) is 0 Å². The minimum atomic E-state index is -5.27. The lowest BCUT2D eigenvalue weighted by Crippen LogP contribution is -2.62. The number of rotatable bonds is 22. The fourth-order valence-corrected chi connectivity index (χ4v) is 6.44. The molecule has 0 fully saturated rings. The van der Waals surface area contributed by atoms with Crippen LogP contribution in [0.1, 0.15) is 130 Å². The summed E-state index contributed by atoms with van der Waals surface area (Å²) in [5.41, 5.74) is -1.94. The molecule has 2 atom stereocenters. The highest BCUT2D eigenvalue weighted by atomic mass is 32.2. The fraction of sp³-hybridized carbons (Fsp3) is 0.846. The van der Waals surface area contributed by atoms with Gasteiger partial charge >= 0.3 is 11.9 Å². The van der Waals surface area contributed by atoms with Crippen molar-refractivity contribution in [3.63, 3.8) is 0 Å². The Balaban J connectivity index is 5.71. The zero-order valence-corrected chi connectivity index (χ0v) is 22.4. The van der Waals surface area contributed by atoms with E-state index in [0.29, 0.717) is 25.7 Å². The van der Waals surface area contributed by atoms with Gasteiger partial charge in [-0.15, -0.1) is 6.58 Å². The number of carboxylic acid groups (broad SMARTS) is 2. The van der Waals surface area contributed by atoms with Crippen LogP contribution in [-0.2, 0) is 19.7 Å². The second-order valence-corrected chi connectivity index (χ2v) is 11.5. The largest absolute Gasteiger partial charge is 0.481 e. The van der Waals surface area contributed by atoms with Gasteiger partial charge in [0, 0.05) is 6.42 Å². The molecule has 0 spiro atoms. The van der Waals surface area contributed by atoms with Crippen LogP contribution in [0.3, 0.4) is 0 Å². The first-order chi connectivity index (χ1) is 15.9. The van der Waals surface area contributed by atoms with Gasteiger partial charge in [-0.05, 0) is 19.8 Å². The van der Waals surface area contributed by atoms with Crippen molar-refractivity contribution >= 4 is 22.1 Å². The van der Waals surface area contributed by atoms with Crippen LogP contribution < -0.4 is 0 Å². The summed E-state index contributed by atoms with van der Waals surface area (Å²) in [6.45, 7) is 9.27. The van der Waals surface area contributed by atoms with Crippen molar-refractivity contribution in [3.8, 4) is 0 Å². The quantitative estimate of drug-likeness (QED) is 0.0820. The molecule has 0 aliphatic rings. The standard InChI is InChI=1S/C26H48O7S/c1-5-7-9-11-12-13-14-15-16-18-20-25(23(27)28,19-17-10-8-6-2)26(24(29)30,21-22(3)4)34(31,32)33/h3,5-21H2,1-2,4H3,(H,27,28)(H,29,30)(H,31,32,33). The third-order valence-electron chi connectivity index (χ3n) is 6.93. The second kappa shape index (κ2) is 16.3. The van der Waals surface area contributed by atoms with E-state index in [2.05, 4.69) is 13.5 Å². The van der Waals surface area contributed by atoms with E-state index >= 15 is 0 Å². The topological polar surface area (TPSA) is 129 Å². The molecule has 8 heteroatoms. The summed E-state index contributed by atoms with van der Waals surface area (Å²) in [6, 6.07) is 0. The number of aliphatic carboxylic acids is 2. The van der Waals surface area contributed by atoms with Gasteiger partial charge in [0.25, 0.3) is 10.1 Å². The van der Waals surface area contributed by atoms with Gasteiger partial charge in [-0.25, -0.2) is 0 Å². The predicted molar refractivity (Wildman–Crippen MR) is 137 cm³/mol. The van der Waals surface area contributed by atoms with Gasteiger partial charge in [0.2, 0.25) is 4.75 Å². The zero-order chi connectivity index (χ0) is 26.3. The monoisotopic (exact) mass is 504 g/mol. The van der Waals surface area contributed by atoms with Crippen molar-refractivity contribution in [1.82, 2.24) is 0 Å². The SMILES string of the molecule is C=C(C)CC(C(=O)O)(C(CCCCCC)(CCCCCCCCCCCC)C(=O)O)S(=O)(=O)O. The maximum atomic E-state index is 12.7. The third kappa shape index (κ3) is 9.33. The number of unbranched alkanes of at least 4 members (excludes halogenated alkanes) is 12. The Kier molecular flexibility index (Phi) is 15.6. The van der Waals surface area contributed by atoms with Crippen molar-refractivity contribution in [1.29, 1.82) is 0 Å². The average molecular weight is 505 g/mol. The average Bonchev–Trinajstić information content (AvgIpc) is 2.73. The Morgan fingerprint density at radius 3 is 1.35 bits per heavy atom. The molecular formula is C26H48O7S. The fourth-order valence-electron chi connectivity index (χ4n) is 5.01. The van der Waals surface area contributed by atoms with Crippen LogP contribution in [-0.4, -0.2) is 39.9 Å². The summed E-state index contributed by atoms with van der Waals surface area (Å²) < 4.78 is 32.6. The Morgan fingerprint density at radius 1 is 0.706 bits per heavy atom. The van der Waals surface area contributed by atoms with Crippen molar-refractivity contribution in [2.45, 2.75) is 135 Å². The third-order valence-corrected chi connectivity index (χ3v) is 8.52. The van der Waals surface area contributed by atoms with E-state index in [4.69, 9.17) is 0 Å². The van der Waals surface area contributed by atoms with E-state index < -0.39 is 38.6 Å². The lowest BCUT2D eigenvalue weighted by molar-refractivity contribution is -0.162. The van der Waals surface area contributed by atoms with Crippen LogP contribution in [0.15, 0.2) is 12.2 Å². The molecule has 0 heterocycles. The summed E-state index contributed by atoms with van der Waals surface area (Å²) in [6.07, 6.45) is 12.0. The second-order valence-electron chi connectivity index (χ2n) is 9.87. The maximum absolute atomic E-state index is 12.7. The van der Waals surface area contributed by atoms with Crippen molar-refractivity contribution in [3.05, 3.63) is 12.2 Å². The van der Waals surface area contributed by atoms with Gasteiger partial charge in [0.05, 0.1) is 0 Å². The minimum absolute atomic E-state index is 0.121. The molecule has 0 radical (unpaired) electrons. The van der Waals surface area contributed by atoms with Crippen molar-refractivity contribution in [2.75, 3.05) is 0 Å². The molecule has 0 aliphatic carbocycles. The van der Waals surface area contributed by atoms with E-state index in [0.717, 1.165) is 32.1 Å². The van der Waals surface area contributed by atoms with E-state index in [-0.39, 0.29) is 18.4 Å². The molecule has 0 saturated heterocycles. The lowest BCUT2D eigenvalue weighted by atomic mass is 9.65. The summed E-state index contributed by atoms with van der Waals surface area (Å²) in [5.74, 6) is -3.32. The molecule has 2 unspecified atom stereocenters. The molecule has 0 aromatic rings. The van der Waals surface area contributed by atoms with Crippen LogP contribution in [0.4, 0.5) is 0 Å². The smallest absolute Gasteiger partial charge is 0.329 e. The molecule has 0 aromatic heterocycles. The highest BCUT2D eigenvalue weighted by molar-refractivity contribution is 7.88. The molecule has 0 amide bonds. The van der Waals surface area contributed by atoms with Crippen LogP contribution in [0.5, 0.6) is 0 Å². The number of allylic oxidation sites excluding steroid dienone is 1. The van der Waals surface area contributed by atoms with E-state index in [1.54, 1.807) is 0 Å². The van der Waals surface area contributed by atoms with Crippen LogP contribution in [0.25, 0.3) is 0 Å². The molecule has 0 aliphatic heterocycles. The lowest BCUT2D eigenvalue weighted by Gasteiger charge is -2.43. The van der Waals surface area contributed by atoms with Gasteiger partial charge in [-0.1, -0.05) is 109 Å². The van der Waals surface area contributed by atoms with Crippen LogP contribution in [0, 0.1) is 5.41 Å². The molecule has 34 heavy (non-hydrogen) atoms. The predicted octanol–water partition coefficient (Wildman–Crippen LogP) is 7.02. The first kappa shape index (κ1) is 32.6. The van der Waals surface area contributed by atoms with Crippen LogP contribution in [0.2, 0.25) is 0 Å². The first-order valence-electron chi connectivity index (χ1n) is 13.0. The molecule has 0 aromatic carbocycles. The summed E-state index contributed by atoms with van der Waals surface area (Å²) in [5, 5.41) is 20.4. The van der Waals surface area contributed by atoms with Gasteiger partial charge < -0.3 is 10.2 Å². The Morgan fingerprint density at radius 2 is 1.06 bits per heavy atom. The number of carbonyl (C=O) groups is 2. The maximum Gasteiger partial charge on any atom is 0.329 e. The molecule has 3 N–H and O–H groups in total. The van der Waals surface area contributed by atoms with Crippen molar-refractivity contribution < 1.29 is 32.8 Å². The molecule has 7 nitrogen and oxygen atoms in total. The van der Waals surface area contributed by atoms with Gasteiger partial charge in [-0.3, -0.25) is 14.1 Å². The highest BCUT2D eigenvalue weighted by Crippen LogP contribution is 2.50. The molecule has 0 bridgehead atoms. The van der Waals surface area contributed by atoms with E-state index in [9.17, 15) is 32.8 Å². The van der Waals surface area contributed by atoms with Crippen LogP contribution >= 0.6 is 0 Å². The highest BCUT2D eigenvalue weighted by Gasteiger charge is 2.68. The summed E-state index contributed by atoms with van der Waals surface area (Å²) in [4.78, 5) is 25.2. The van der Waals surface area contributed by atoms with Gasteiger partial charge in [0.1, 0.15) is 5.41 Å². The molecular weight excluding hydrogens is 456 g/mol. The van der Waals surface area contributed by atoms with Gasteiger partial charge in [-0.2, -0.15) is 8.42 Å². The molecule has 0 rings (SSSR count). The van der Waals surface area contributed by atoms with E-state index in [1.165, 1.54) is 39.0 Å². The Bertz CT molecular complexity index is 731. The minimum Gasteiger partial charge on any atom is -0.481 e. The molecule has 0 saturated carbocycles. The normalized spacial score (nSPS) is 15.4. The van der Waals surface area contributed by atoms with E-state index in [1.807, 2.05) is 6.92 Å². The summed E-state index contributed by atoms with van der Waals surface area (Å²) in [7, 11) is -5.27. The zero-order valence-electron chi connectivity index (χ0n) is 21.6.